The summed E-state index contributed by atoms with van der Waals surface area (Å²) in [5.41, 5.74) is 1.64. The van der Waals surface area contributed by atoms with E-state index in [9.17, 15) is 4.79 Å². The normalized spacial score (nSPS) is 17.6. The van der Waals surface area contributed by atoms with Gasteiger partial charge in [-0.15, -0.1) is 10.2 Å². The second kappa shape index (κ2) is 5.03. The number of nitrogens with zero attached hydrogens (tertiary/aromatic N) is 4. The van der Waals surface area contributed by atoms with Crippen LogP contribution in [0.25, 0.3) is 11.4 Å². The van der Waals surface area contributed by atoms with Gasteiger partial charge >= 0.3 is 0 Å². The van der Waals surface area contributed by atoms with Gasteiger partial charge in [0.2, 0.25) is 5.16 Å². The van der Waals surface area contributed by atoms with Crippen molar-refractivity contribution in [3.63, 3.8) is 0 Å². The number of Topliss-reactive ketones (excluding diaryl/α,β-unsaturated/α-hetero) is 1. The average Bonchev–Trinajstić information content (AvgIpc) is 2.81. The fourth-order valence-corrected chi connectivity index (χ4v) is 3.02. The topological polar surface area (TPSA) is 60.1 Å². The molecular formula is C13H11ClN4OS. The SMILES string of the molecule is CC(=O)C1Sc2nnc(-c3ccc(Cl)cc3)n2N=C1C. The van der Waals surface area contributed by atoms with Crippen LogP contribution in [0.2, 0.25) is 5.02 Å². The van der Waals surface area contributed by atoms with Crippen LogP contribution in [0.5, 0.6) is 0 Å². The number of hydrogen-bond donors (Lipinski definition) is 0. The largest absolute Gasteiger partial charge is 0.298 e. The molecule has 1 aliphatic heterocycles. The van der Waals surface area contributed by atoms with Crippen molar-refractivity contribution in [2.75, 3.05) is 0 Å². The molecule has 0 amide bonds. The second-order valence-electron chi connectivity index (χ2n) is 4.47. The summed E-state index contributed by atoms with van der Waals surface area (Å²) in [5, 5.41) is 13.7. The van der Waals surface area contributed by atoms with E-state index in [0.717, 1.165) is 11.3 Å². The highest BCUT2D eigenvalue weighted by Crippen LogP contribution is 2.31. The zero-order valence-electron chi connectivity index (χ0n) is 10.9. The molecule has 0 saturated heterocycles. The van der Waals surface area contributed by atoms with E-state index in [1.807, 2.05) is 19.1 Å². The van der Waals surface area contributed by atoms with Crippen molar-refractivity contribution >= 4 is 34.9 Å². The molecule has 1 aromatic heterocycles. The van der Waals surface area contributed by atoms with Crippen LogP contribution < -0.4 is 0 Å². The molecule has 1 unspecified atom stereocenters. The van der Waals surface area contributed by atoms with Gasteiger partial charge in [-0.25, -0.2) is 0 Å². The van der Waals surface area contributed by atoms with Crippen molar-refractivity contribution in [2.45, 2.75) is 24.3 Å². The molecule has 20 heavy (non-hydrogen) atoms. The Morgan fingerprint density at radius 2 is 2.00 bits per heavy atom. The summed E-state index contributed by atoms with van der Waals surface area (Å²) in [6.45, 7) is 3.40. The number of halogens is 1. The minimum absolute atomic E-state index is 0.0681. The van der Waals surface area contributed by atoms with Gasteiger partial charge in [0.1, 0.15) is 11.0 Å². The lowest BCUT2D eigenvalue weighted by atomic mass is 10.2. The van der Waals surface area contributed by atoms with Gasteiger partial charge in [0.05, 0.1) is 5.71 Å². The molecular weight excluding hydrogens is 296 g/mol. The molecule has 1 atom stereocenters. The Kier molecular flexibility index (Phi) is 3.35. The first-order chi connectivity index (χ1) is 9.56. The van der Waals surface area contributed by atoms with Gasteiger partial charge in [-0.2, -0.15) is 9.78 Å². The fraction of sp³-hybridized carbons (Fsp3) is 0.231. The van der Waals surface area contributed by atoms with E-state index in [1.54, 1.807) is 23.7 Å². The zero-order chi connectivity index (χ0) is 14.3. The van der Waals surface area contributed by atoms with E-state index in [4.69, 9.17) is 11.6 Å². The van der Waals surface area contributed by atoms with Crippen LogP contribution in [0.1, 0.15) is 13.8 Å². The Morgan fingerprint density at radius 3 is 2.65 bits per heavy atom. The molecule has 7 heteroatoms. The number of thioether (sulfide) groups is 1. The molecule has 0 aliphatic carbocycles. The number of carbonyl (C=O) groups is 1. The first-order valence-corrected chi connectivity index (χ1v) is 7.26. The van der Waals surface area contributed by atoms with Crippen LogP contribution in [-0.4, -0.2) is 31.6 Å². The van der Waals surface area contributed by atoms with Crippen molar-refractivity contribution in [1.29, 1.82) is 0 Å². The van der Waals surface area contributed by atoms with Crippen molar-refractivity contribution in [3.8, 4) is 11.4 Å². The molecule has 3 rings (SSSR count). The summed E-state index contributed by atoms with van der Waals surface area (Å²) in [5.74, 6) is 0.712. The molecule has 2 aromatic rings. The molecule has 0 fully saturated rings. The first kappa shape index (κ1) is 13.3. The van der Waals surface area contributed by atoms with Crippen LogP contribution in [-0.2, 0) is 4.79 Å². The number of ketones is 1. The van der Waals surface area contributed by atoms with Crippen LogP contribution in [0.4, 0.5) is 0 Å². The maximum atomic E-state index is 11.6. The number of hydrogen-bond acceptors (Lipinski definition) is 5. The third-order valence-corrected chi connectivity index (χ3v) is 4.57. The molecule has 1 aliphatic rings. The molecule has 1 aromatic carbocycles. The van der Waals surface area contributed by atoms with Crippen LogP contribution in [0.3, 0.4) is 0 Å². The number of carbonyl (C=O) groups excluding carboxylic acids is 1. The highest BCUT2D eigenvalue weighted by molar-refractivity contribution is 8.01. The molecule has 0 bridgehead atoms. The Balaban J connectivity index is 2.05. The van der Waals surface area contributed by atoms with Gasteiger partial charge in [-0.1, -0.05) is 23.4 Å². The van der Waals surface area contributed by atoms with Gasteiger partial charge < -0.3 is 0 Å². The fourth-order valence-electron chi connectivity index (χ4n) is 1.99. The molecule has 2 heterocycles. The number of aromatic nitrogens is 3. The predicted molar refractivity (Wildman–Crippen MR) is 79.3 cm³/mol. The zero-order valence-corrected chi connectivity index (χ0v) is 12.4. The van der Waals surface area contributed by atoms with Crippen LogP contribution in [0.15, 0.2) is 34.5 Å². The van der Waals surface area contributed by atoms with Crippen molar-refractivity contribution < 1.29 is 4.79 Å². The van der Waals surface area contributed by atoms with Crippen LogP contribution >= 0.6 is 23.4 Å². The van der Waals surface area contributed by atoms with Gasteiger partial charge in [-0.3, -0.25) is 4.79 Å². The molecule has 0 radical (unpaired) electrons. The molecule has 0 N–H and O–H groups in total. The van der Waals surface area contributed by atoms with E-state index < -0.39 is 0 Å². The van der Waals surface area contributed by atoms with Crippen molar-refractivity contribution in [2.24, 2.45) is 5.10 Å². The maximum Gasteiger partial charge on any atom is 0.213 e. The third kappa shape index (κ3) is 2.25. The number of benzene rings is 1. The van der Waals surface area contributed by atoms with E-state index in [2.05, 4.69) is 15.3 Å². The Bertz CT molecular complexity index is 708. The highest BCUT2D eigenvalue weighted by atomic mass is 35.5. The summed E-state index contributed by atoms with van der Waals surface area (Å²) in [6.07, 6.45) is 0. The van der Waals surface area contributed by atoms with E-state index in [1.165, 1.54) is 11.8 Å². The Labute approximate surface area is 125 Å². The van der Waals surface area contributed by atoms with Gasteiger partial charge in [0.15, 0.2) is 5.82 Å². The smallest absolute Gasteiger partial charge is 0.213 e. The van der Waals surface area contributed by atoms with E-state index in [0.29, 0.717) is 16.0 Å². The predicted octanol–water partition coefficient (Wildman–Crippen LogP) is 2.89. The van der Waals surface area contributed by atoms with Gasteiger partial charge in [0.25, 0.3) is 0 Å². The lowest BCUT2D eigenvalue weighted by Gasteiger charge is -2.18. The lowest BCUT2D eigenvalue weighted by Crippen LogP contribution is -2.27. The number of fused-ring (bicyclic) bond motifs is 1. The second-order valence-corrected chi connectivity index (χ2v) is 5.98. The summed E-state index contributed by atoms with van der Waals surface area (Å²) < 4.78 is 1.67. The Hall–Kier alpha value is -1.66. The van der Waals surface area contributed by atoms with E-state index >= 15 is 0 Å². The molecule has 0 saturated carbocycles. The molecule has 0 spiro atoms. The average molecular weight is 307 g/mol. The van der Waals surface area contributed by atoms with Crippen LogP contribution in [0, 0.1) is 0 Å². The summed E-state index contributed by atoms with van der Waals surface area (Å²) in [4.78, 5) is 11.6. The van der Waals surface area contributed by atoms with E-state index in [-0.39, 0.29) is 11.0 Å². The highest BCUT2D eigenvalue weighted by Gasteiger charge is 2.28. The minimum atomic E-state index is -0.273. The summed E-state index contributed by atoms with van der Waals surface area (Å²) in [7, 11) is 0. The van der Waals surface area contributed by atoms with Crippen molar-refractivity contribution in [3.05, 3.63) is 29.3 Å². The lowest BCUT2D eigenvalue weighted by molar-refractivity contribution is -0.115. The minimum Gasteiger partial charge on any atom is -0.298 e. The molecule has 5 nitrogen and oxygen atoms in total. The summed E-state index contributed by atoms with van der Waals surface area (Å²) in [6, 6.07) is 7.32. The standard InChI is InChI=1S/C13H11ClN4OS/c1-7-11(8(2)19)20-13-16-15-12(18(13)17-7)9-3-5-10(14)6-4-9/h3-6,11H,1-2H3. The third-order valence-electron chi connectivity index (χ3n) is 2.94. The first-order valence-electron chi connectivity index (χ1n) is 6.00. The summed E-state index contributed by atoms with van der Waals surface area (Å²) >= 11 is 7.26. The van der Waals surface area contributed by atoms with Crippen molar-refractivity contribution in [1.82, 2.24) is 14.9 Å². The monoisotopic (exact) mass is 306 g/mol. The Morgan fingerprint density at radius 1 is 1.30 bits per heavy atom. The quantitative estimate of drug-likeness (QED) is 0.856. The maximum absolute atomic E-state index is 11.6. The van der Waals surface area contributed by atoms with Gasteiger partial charge in [0, 0.05) is 10.6 Å². The number of rotatable bonds is 2. The van der Waals surface area contributed by atoms with Gasteiger partial charge in [-0.05, 0) is 38.1 Å². The molecule has 102 valence electrons.